The van der Waals surface area contributed by atoms with Crippen molar-refractivity contribution in [3.63, 3.8) is 0 Å². The molecule has 0 saturated carbocycles. The summed E-state index contributed by atoms with van der Waals surface area (Å²) in [6.07, 6.45) is 9.41. The van der Waals surface area contributed by atoms with E-state index in [1.165, 1.54) is 43.9 Å². The standard InChI is InChI=1S/C13H22N4/c14-12-5-3-4-11-10-15-13(17(11)12)6-9-16-7-1-2-8-16/h10,12H,1-9,14H2. The molecule has 1 fully saturated rings. The van der Waals surface area contributed by atoms with Crippen molar-refractivity contribution < 1.29 is 0 Å². The Kier molecular flexibility index (Phi) is 3.16. The van der Waals surface area contributed by atoms with Crippen LogP contribution in [-0.2, 0) is 12.8 Å². The van der Waals surface area contributed by atoms with Gasteiger partial charge >= 0.3 is 0 Å². The van der Waals surface area contributed by atoms with Gasteiger partial charge in [-0.1, -0.05) is 0 Å². The van der Waals surface area contributed by atoms with Gasteiger partial charge in [-0.15, -0.1) is 0 Å². The minimum atomic E-state index is 0.162. The molecule has 3 rings (SSSR count). The largest absolute Gasteiger partial charge is 0.316 e. The van der Waals surface area contributed by atoms with Gasteiger partial charge in [0.05, 0.1) is 6.17 Å². The third-order valence-electron chi connectivity index (χ3n) is 4.06. The molecule has 0 aliphatic carbocycles. The Morgan fingerprint density at radius 3 is 2.94 bits per heavy atom. The molecule has 2 aliphatic rings. The van der Waals surface area contributed by atoms with Crippen LogP contribution in [0.5, 0.6) is 0 Å². The van der Waals surface area contributed by atoms with Crippen LogP contribution >= 0.6 is 0 Å². The first-order valence-corrected chi connectivity index (χ1v) is 6.87. The van der Waals surface area contributed by atoms with Gasteiger partial charge in [-0.05, 0) is 45.2 Å². The van der Waals surface area contributed by atoms with E-state index in [2.05, 4.69) is 14.5 Å². The molecule has 94 valence electrons. The first-order chi connectivity index (χ1) is 8.34. The van der Waals surface area contributed by atoms with Crippen molar-refractivity contribution >= 4 is 0 Å². The molecular formula is C13H22N4. The number of hydrogen-bond acceptors (Lipinski definition) is 3. The molecule has 1 aromatic rings. The summed E-state index contributed by atoms with van der Waals surface area (Å²) >= 11 is 0. The van der Waals surface area contributed by atoms with E-state index < -0.39 is 0 Å². The Morgan fingerprint density at radius 1 is 1.29 bits per heavy atom. The zero-order valence-electron chi connectivity index (χ0n) is 10.4. The molecule has 2 aliphatic heterocycles. The molecule has 1 aromatic heterocycles. The second-order valence-electron chi connectivity index (χ2n) is 5.29. The SMILES string of the molecule is NC1CCCc2cnc(CCN3CCCC3)n21. The van der Waals surface area contributed by atoms with Gasteiger partial charge < -0.3 is 15.2 Å². The molecule has 0 radical (unpaired) electrons. The van der Waals surface area contributed by atoms with Crippen LogP contribution in [0.2, 0.25) is 0 Å². The summed E-state index contributed by atoms with van der Waals surface area (Å²) in [6.45, 7) is 3.67. The molecule has 2 N–H and O–H groups in total. The maximum atomic E-state index is 6.18. The highest BCUT2D eigenvalue weighted by molar-refractivity contribution is 5.10. The first kappa shape index (κ1) is 11.2. The quantitative estimate of drug-likeness (QED) is 0.858. The zero-order chi connectivity index (χ0) is 11.7. The minimum absolute atomic E-state index is 0.162. The maximum absolute atomic E-state index is 6.18. The van der Waals surface area contributed by atoms with E-state index in [1.54, 1.807) is 0 Å². The van der Waals surface area contributed by atoms with Gasteiger partial charge in [0.1, 0.15) is 5.82 Å². The van der Waals surface area contributed by atoms with Crippen molar-refractivity contribution in [2.24, 2.45) is 5.73 Å². The van der Waals surface area contributed by atoms with Crippen molar-refractivity contribution in [2.45, 2.75) is 44.7 Å². The number of imidazole rings is 1. The molecule has 1 atom stereocenters. The highest BCUT2D eigenvalue weighted by Crippen LogP contribution is 2.23. The van der Waals surface area contributed by atoms with E-state index in [-0.39, 0.29) is 6.17 Å². The van der Waals surface area contributed by atoms with Crippen LogP contribution in [0.1, 0.15) is 43.4 Å². The molecule has 1 saturated heterocycles. The lowest BCUT2D eigenvalue weighted by atomic mass is 10.1. The third-order valence-corrected chi connectivity index (χ3v) is 4.06. The smallest absolute Gasteiger partial charge is 0.111 e. The molecule has 0 spiro atoms. The van der Waals surface area contributed by atoms with Gasteiger partial charge in [-0.25, -0.2) is 4.98 Å². The number of hydrogen-bond donors (Lipinski definition) is 1. The maximum Gasteiger partial charge on any atom is 0.111 e. The van der Waals surface area contributed by atoms with Gasteiger partial charge in [-0.3, -0.25) is 0 Å². The summed E-state index contributed by atoms with van der Waals surface area (Å²) < 4.78 is 2.28. The van der Waals surface area contributed by atoms with Crippen LogP contribution in [0.4, 0.5) is 0 Å². The summed E-state index contributed by atoms with van der Waals surface area (Å²) in [6, 6.07) is 0. The van der Waals surface area contributed by atoms with Crippen molar-refractivity contribution in [1.29, 1.82) is 0 Å². The molecule has 0 bridgehead atoms. The Hall–Kier alpha value is -0.870. The summed E-state index contributed by atoms with van der Waals surface area (Å²) in [5.41, 5.74) is 7.52. The lowest BCUT2D eigenvalue weighted by Gasteiger charge is -2.24. The third kappa shape index (κ3) is 2.24. The monoisotopic (exact) mass is 234 g/mol. The molecular weight excluding hydrogens is 212 g/mol. The van der Waals surface area contributed by atoms with Crippen LogP contribution in [0.3, 0.4) is 0 Å². The molecule has 17 heavy (non-hydrogen) atoms. The molecule has 1 unspecified atom stereocenters. The zero-order valence-corrected chi connectivity index (χ0v) is 10.4. The predicted molar refractivity (Wildman–Crippen MR) is 67.8 cm³/mol. The van der Waals surface area contributed by atoms with Crippen LogP contribution in [-0.4, -0.2) is 34.1 Å². The van der Waals surface area contributed by atoms with Crippen molar-refractivity contribution in [3.8, 4) is 0 Å². The van der Waals surface area contributed by atoms with Gasteiger partial charge in [0.2, 0.25) is 0 Å². The number of aryl methyl sites for hydroxylation is 1. The van der Waals surface area contributed by atoms with Crippen molar-refractivity contribution in [2.75, 3.05) is 19.6 Å². The van der Waals surface area contributed by atoms with Crippen molar-refractivity contribution in [1.82, 2.24) is 14.5 Å². The lowest BCUT2D eigenvalue weighted by Crippen LogP contribution is -2.28. The number of rotatable bonds is 3. The number of aromatic nitrogens is 2. The van der Waals surface area contributed by atoms with E-state index in [4.69, 9.17) is 5.73 Å². The minimum Gasteiger partial charge on any atom is -0.316 e. The molecule has 4 heteroatoms. The van der Waals surface area contributed by atoms with E-state index in [0.29, 0.717) is 0 Å². The lowest BCUT2D eigenvalue weighted by molar-refractivity contribution is 0.331. The average molecular weight is 234 g/mol. The van der Waals surface area contributed by atoms with E-state index in [9.17, 15) is 0 Å². The average Bonchev–Trinajstić information content (AvgIpc) is 2.95. The Balaban J connectivity index is 1.68. The van der Waals surface area contributed by atoms with Gasteiger partial charge in [0.15, 0.2) is 0 Å². The number of nitrogens with zero attached hydrogens (tertiary/aromatic N) is 3. The summed E-state index contributed by atoms with van der Waals surface area (Å²) in [4.78, 5) is 7.10. The number of fused-ring (bicyclic) bond motifs is 1. The normalized spacial score (nSPS) is 25.1. The number of likely N-dealkylation sites (tertiary alicyclic amines) is 1. The predicted octanol–water partition coefficient (Wildman–Crippen LogP) is 1.31. The summed E-state index contributed by atoms with van der Waals surface area (Å²) in [5, 5.41) is 0. The Bertz CT molecular complexity index is 379. The summed E-state index contributed by atoms with van der Waals surface area (Å²) in [5.74, 6) is 1.19. The number of nitrogens with two attached hydrogens (primary N) is 1. The van der Waals surface area contributed by atoms with E-state index in [0.717, 1.165) is 25.8 Å². The van der Waals surface area contributed by atoms with Gasteiger partial charge in [0.25, 0.3) is 0 Å². The molecule has 0 aromatic carbocycles. The van der Waals surface area contributed by atoms with Gasteiger partial charge in [-0.2, -0.15) is 0 Å². The van der Waals surface area contributed by atoms with E-state index in [1.807, 2.05) is 6.20 Å². The first-order valence-electron chi connectivity index (χ1n) is 6.87. The topological polar surface area (TPSA) is 47.1 Å². The van der Waals surface area contributed by atoms with E-state index >= 15 is 0 Å². The molecule has 0 amide bonds. The second-order valence-corrected chi connectivity index (χ2v) is 5.29. The van der Waals surface area contributed by atoms with Gasteiger partial charge in [0, 0.05) is 24.9 Å². The van der Waals surface area contributed by atoms with Crippen molar-refractivity contribution in [3.05, 3.63) is 17.7 Å². The summed E-state index contributed by atoms with van der Waals surface area (Å²) in [7, 11) is 0. The fourth-order valence-corrected chi connectivity index (χ4v) is 3.10. The fourth-order valence-electron chi connectivity index (χ4n) is 3.10. The Morgan fingerprint density at radius 2 is 2.12 bits per heavy atom. The second kappa shape index (κ2) is 4.78. The van der Waals surface area contributed by atoms with Crippen LogP contribution in [0.15, 0.2) is 6.20 Å². The Labute approximate surface area is 103 Å². The highest BCUT2D eigenvalue weighted by atomic mass is 15.2. The van der Waals surface area contributed by atoms with Crippen LogP contribution in [0.25, 0.3) is 0 Å². The van der Waals surface area contributed by atoms with Crippen LogP contribution < -0.4 is 5.73 Å². The fraction of sp³-hybridized carbons (Fsp3) is 0.769. The van der Waals surface area contributed by atoms with Crippen LogP contribution in [0, 0.1) is 0 Å². The molecule has 4 nitrogen and oxygen atoms in total. The molecule has 3 heterocycles. The highest BCUT2D eigenvalue weighted by Gasteiger charge is 2.20.